The van der Waals surface area contributed by atoms with Gasteiger partial charge in [-0.25, -0.2) is 4.79 Å². The highest BCUT2D eigenvalue weighted by Crippen LogP contribution is 2.20. The summed E-state index contributed by atoms with van der Waals surface area (Å²) < 4.78 is 0. The number of hydrogen-bond donors (Lipinski definition) is 2. The van der Waals surface area contributed by atoms with E-state index in [-0.39, 0.29) is 18.2 Å². The van der Waals surface area contributed by atoms with Crippen molar-refractivity contribution in [3.8, 4) is 0 Å². The lowest BCUT2D eigenvalue weighted by Crippen LogP contribution is -2.49. The van der Waals surface area contributed by atoms with Crippen LogP contribution in [0.4, 0.5) is 4.79 Å². The zero-order valence-electron chi connectivity index (χ0n) is 12.1. The molecule has 2 amide bonds. The first kappa shape index (κ1) is 15.3. The first-order valence-electron chi connectivity index (χ1n) is 7.19. The number of piperidine rings is 1. The van der Waals surface area contributed by atoms with E-state index in [0.29, 0.717) is 11.8 Å². The maximum absolute atomic E-state index is 12.1. The van der Waals surface area contributed by atoms with Crippen LogP contribution in [-0.4, -0.2) is 41.3 Å². The third-order valence-corrected chi connectivity index (χ3v) is 4.36. The molecule has 0 spiro atoms. The number of likely N-dealkylation sites (tertiary alicyclic amines) is 1. The van der Waals surface area contributed by atoms with E-state index in [1.165, 1.54) is 0 Å². The van der Waals surface area contributed by atoms with Crippen LogP contribution in [-0.2, 0) is 0 Å². The van der Waals surface area contributed by atoms with Crippen molar-refractivity contribution in [2.75, 3.05) is 13.1 Å². The molecule has 0 bridgehead atoms. The molecule has 0 aromatic rings. The summed E-state index contributed by atoms with van der Waals surface area (Å²) in [7, 11) is 0. The number of carbonyl (C=O) groups is 1. The van der Waals surface area contributed by atoms with Crippen molar-refractivity contribution in [2.45, 2.75) is 59.1 Å². The summed E-state index contributed by atoms with van der Waals surface area (Å²) in [5.41, 5.74) is 0. The summed E-state index contributed by atoms with van der Waals surface area (Å²) >= 11 is 0. The van der Waals surface area contributed by atoms with Gasteiger partial charge in [-0.1, -0.05) is 20.3 Å². The lowest BCUT2D eigenvalue weighted by atomic mass is 9.92. The molecule has 4 heteroatoms. The molecule has 2 N–H and O–H groups in total. The zero-order chi connectivity index (χ0) is 13.7. The molecule has 0 aromatic heterocycles. The first-order chi connectivity index (χ1) is 8.45. The Balaban J connectivity index is 2.36. The van der Waals surface area contributed by atoms with Crippen LogP contribution in [0, 0.1) is 11.8 Å². The number of rotatable bonds is 4. The fourth-order valence-corrected chi connectivity index (χ4v) is 2.37. The summed E-state index contributed by atoms with van der Waals surface area (Å²) in [4.78, 5) is 13.9. The molecule has 0 aliphatic carbocycles. The molecule has 0 aromatic carbocycles. The molecule has 0 radical (unpaired) electrons. The molecular weight excluding hydrogens is 228 g/mol. The molecule has 1 rings (SSSR count). The maximum Gasteiger partial charge on any atom is 0.317 e. The summed E-state index contributed by atoms with van der Waals surface area (Å²) in [6.07, 6.45) is 2.63. The molecule has 0 saturated carbocycles. The number of aliphatic hydroxyl groups is 1. The quantitative estimate of drug-likeness (QED) is 0.810. The predicted molar refractivity (Wildman–Crippen MR) is 73.4 cm³/mol. The van der Waals surface area contributed by atoms with Crippen LogP contribution in [0.5, 0.6) is 0 Å². The van der Waals surface area contributed by atoms with Gasteiger partial charge in [0.2, 0.25) is 0 Å². The Morgan fingerprint density at radius 2 is 1.89 bits per heavy atom. The molecule has 1 aliphatic rings. The van der Waals surface area contributed by atoms with Crippen molar-refractivity contribution >= 4 is 6.03 Å². The van der Waals surface area contributed by atoms with E-state index in [1.54, 1.807) is 0 Å². The monoisotopic (exact) mass is 256 g/mol. The fraction of sp³-hybridized carbons (Fsp3) is 0.929. The first-order valence-corrected chi connectivity index (χ1v) is 7.19. The molecule has 1 heterocycles. The molecule has 3 atom stereocenters. The fourth-order valence-electron chi connectivity index (χ4n) is 2.37. The molecule has 106 valence electrons. The van der Waals surface area contributed by atoms with Gasteiger partial charge in [0.25, 0.3) is 0 Å². The minimum Gasteiger partial charge on any atom is -0.393 e. The highest BCUT2D eigenvalue weighted by atomic mass is 16.3. The second-order valence-electron chi connectivity index (χ2n) is 5.69. The van der Waals surface area contributed by atoms with Gasteiger partial charge in [0.15, 0.2) is 0 Å². The van der Waals surface area contributed by atoms with Crippen molar-refractivity contribution in [1.29, 1.82) is 0 Å². The van der Waals surface area contributed by atoms with Gasteiger partial charge < -0.3 is 15.3 Å². The van der Waals surface area contributed by atoms with Gasteiger partial charge in [-0.05, 0) is 38.5 Å². The van der Waals surface area contributed by atoms with Gasteiger partial charge in [0, 0.05) is 19.1 Å². The van der Waals surface area contributed by atoms with E-state index in [0.717, 1.165) is 32.4 Å². The van der Waals surface area contributed by atoms with Crippen LogP contribution in [0.3, 0.4) is 0 Å². The lowest BCUT2D eigenvalue weighted by molar-refractivity contribution is 0.0790. The van der Waals surface area contributed by atoms with Gasteiger partial charge in [-0.2, -0.15) is 0 Å². The molecule has 18 heavy (non-hydrogen) atoms. The Kier molecular flexibility index (Phi) is 5.93. The van der Waals surface area contributed by atoms with Crippen molar-refractivity contribution in [1.82, 2.24) is 10.2 Å². The van der Waals surface area contributed by atoms with E-state index in [1.807, 2.05) is 11.8 Å². The SMILES string of the molecule is CCC(C)C(C)NC(=O)N1CCC(C(C)O)CC1. The van der Waals surface area contributed by atoms with Gasteiger partial charge >= 0.3 is 6.03 Å². The Morgan fingerprint density at radius 1 is 1.33 bits per heavy atom. The maximum atomic E-state index is 12.1. The Morgan fingerprint density at radius 3 is 2.33 bits per heavy atom. The third kappa shape index (κ3) is 4.16. The number of urea groups is 1. The van der Waals surface area contributed by atoms with Gasteiger partial charge in [-0.3, -0.25) is 0 Å². The standard InChI is InChI=1S/C14H28N2O2/c1-5-10(2)11(3)15-14(18)16-8-6-13(7-9-16)12(4)17/h10-13,17H,5-9H2,1-4H3,(H,15,18). The number of carbonyl (C=O) groups excluding carboxylic acids is 1. The second kappa shape index (κ2) is 6.98. The summed E-state index contributed by atoms with van der Waals surface area (Å²) in [5, 5.41) is 12.6. The molecule has 1 aliphatic heterocycles. The number of nitrogens with zero attached hydrogens (tertiary/aromatic N) is 1. The van der Waals surface area contributed by atoms with E-state index in [9.17, 15) is 9.90 Å². The predicted octanol–water partition coefficient (Wildman–Crippen LogP) is 2.22. The van der Waals surface area contributed by atoms with Crippen LogP contribution < -0.4 is 5.32 Å². The second-order valence-corrected chi connectivity index (χ2v) is 5.69. The van der Waals surface area contributed by atoms with Gasteiger partial charge in [-0.15, -0.1) is 0 Å². The number of hydrogen-bond acceptors (Lipinski definition) is 2. The molecule has 4 nitrogen and oxygen atoms in total. The number of amides is 2. The van der Waals surface area contributed by atoms with E-state index >= 15 is 0 Å². The molecule has 1 fully saturated rings. The summed E-state index contributed by atoms with van der Waals surface area (Å²) in [5.74, 6) is 0.852. The minimum atomic E-state index is -0.255. The minimum absolute atomic E-state index is 0.0480. The summed E-state index contributed by atoms with van der Waals surface area (Å²) in [6, 6.07) is 0.267. The lowest BCUT2D eigenvalue weighted by Gasteiger charge is -2.34. The number of aliphatic hydroxyl groups excluding tert-OH is 1. The van der Waals surface area contributed by atoms with E-state index < -0.39 is 0 Å². The van der Waals surface area contributed by atoms with Crippen molar-refractivity contribution in [3.63, 3.8) is 0 Å². The van der Waals surface area contributed by atoms with Crippen molar-refractivity contribution in [2.24, 2.45) is 11.8 Å². The van der Waals surface area contributed by atoms with Crippen LogP contribution >= 0.6 is 0 Å². The topological polar surface area (TPSA) is 52.6 Å². The average molecular weight is 256 g/mol. The van der Waals surface area contributed by atoms with Crippen LogP contribution in [0.25, 0.3) is 0 Å². The highest BCUT2D eigenvalue weighted by Gasteiger charge is 2.26. The molecular formula is C14H28N2O2. The molecule has 3 unspecified atom stereocenters. The van der Waals surface area contributed by atoms with E-state index in [2.05, 4.69) is 26.1 Å². The Labute approximate surface area is 111 Å². The Bertz CT molecular complexity index is 261. The Hall–Kier alpha value is -0.770. The van der Waals surface area contributed by atoms with Crippen molar-refractivity contribution < 1.29 is 9.90 Å². The van der Waals surface area contributed by atoms with Crippen LogP contribution in [0.2, 0.25) is 0 Å². The highest BCUT2D eigenvalue weighted by molar-refractivity contribution is 5.74. The molecule has 1 saturated heterocycles. The number of nitrogens with one attached hydrogen (secondary N) is 1. The average Bonchev–Trinajstić information content (AvgIpc) is 2.37. The summed E-state index contributed by atoms with van der Waals surface area (Å²) in [6.45, 7) is 9.72. The smallest absolute Gasteiger partial charge is 0.317 e. The van der Waals surface area contributed by atoms with Crippen LogP contribution in [0.1, 0.15) is 47.0 Å². The zero-order valence-corrected chi connectivity index (χ0v) is 12.1. The van der Waals surface area contributed by atoms with Gasteiger partial charge in [0.05, 0.1) is 6.10 Å². The largest absolute Gasteiger partial charge is 0.393 e. The van der Waals surface area contributed by atoms with Crippen LogP contribution in [0.15, 0.2) is 0 Å². The van der Waals surface area contributed by atoms with E-state index in [4.69, 9.17) is 0 Å². The third-order valence-electron chi connectivity index (χ3n) is 4.36. The van der Waals surface area contributed by atoms with Gasteiger partial charge in [0.1, 0.15) is 0 Å². The normalized spacial score (nSPS) is 22.4. The van der Waals surface area contributed by atoms with Crippen molar-refractivity contribution in [3.05, 3.63) is 0 Å².